The van der Waals surface area contributed by atoms with Gasteiger partial charge in [-0.3, -0.25) is 0 Å². The molecular formula is C17H17ClFN. The van der Waals surface area contributed by atoms with E-state index in [1.807, 2.05) is 18.2 Å². The van der Waals surface area contributed by atoms with Gasteiger partial charge in [0.05, 0.1) is 0 Å². The molecule has 0 aliphatic heterocycles. The minimum Gasteiger partial charge on any atom is -0.310 e. The Labute approximate surface area is 123 Å². The fourth-order valence-electron chi connectivity index (χ4n) is 2.84. The monoisotopic (exact) mass is 289 g/mol. The van der Waals surface area contributed by atoms with Gasteiger partial charge in [0.1, 0.15) is 5.82 Å². The molecule has 0 heterocycles. The van der Waals surface area contributed by atoms with E-state index in [1.165, 1.54) is 11.1 Å². The van der Waals surface area contributed by atoms with Crippen molar-refractivity contribution >= 4 is 11.6 Å². The molecule has 3 heteroatoms. The van der Waals surface area contributed by atoms with Gasteiger partial charge < -0.3 is 5.32 Å². The SMILES string of the molecule is Fc1ccc2c(c1)CCC2NCCc1ccc(Cl)cc1. The van der Waals surface area contributed by atoms with E-state index in [0.717, 1.165) is 36.4 Å². The van der Waals surface area contributed by atoms with E-state index in [0.29, 0.717) is 6.04 Å². The van der Waals surface area contributed by atoms with E-state index in [4.69, 9.17) is 11.6 Å². The van der Waals surface area contributed by atoms with Crippen LogP contribution in [0.4, 0.5) is 4.39 Å². The molecule has 0 aromatic heterocycles. The fourth-order valence-corrected chi connectivity index (χ4v) is 2.97. The maximum absolute atomic E-state index is 13.2. The second kappa shape index (κ2) is 5.94. The molecule has 1 aliphatic rings. The Balaban J connectivity index is 1.57. The van der Waals surface area contributed by atoms with Crippen molar-refractivity contribution in [1.82, 2.24) is 5.32 Å². The highest BCUT2D eigenvalue weighted by Crippen LogP contribution is 2.31. The van der Waals surface area contributed by atoms with Gasteiger partial charge in [-0.2, -0.15) is 0 Å². The van der Waals surface area contributed by atoms with Gasteiger partial charge in [0.2, 0.25) is 0 Å². The Morgan fingerprint density at radius 1 is 1.15 bits per heavy atom. The average Bonchev–Trinajstić information content (AvgIpc) is 2.83. The third-order valence-corrected chi connectivity index (χ3v) is 4.15. The first-order chi connectivity index (χ1) is 9.72. The second-order valence-corrected chi connectivity index (χ2v) is 5.70. The lowest BCUT2D eigenvalue weighted by Crippen LogP contribution is -2.21. The number of benzene rings is 2. The first kappa shape index (κ1) is 13.6. The van der Waals surface area contributed by atoms with E-state index in [9.17, 15) is 4.39 Å². The molecule has 0 bridgehead atoms. The third-order valence-electron chi connectivity index (χ3n) is 3.90. The number of halogens is 2. The third kappa shape index (κ3) is 3.02. The lowest BCUT2D eigenvalue weighted by atomic mass is 10.1. The van der Waals surface area contributed by atoms with Crippen molar-refractivity contribution in [3.8, 4) is 0 Å². The summed E-state index contributed by atoms with van der Waals surface area (Å²) in [7, 11) is 0. The zero-order chi connectivity index (χ0) is 13.9. The Morgan fingerprint density at radius 2 is 1.95 bits per heavy atom. The summed E-state index contributed by atoms with van der Waals surface area (Å²) in [5.41, 5.74) is 3.68. The highest BCUT2D eigenvalue weighted by atomic mass is 35.5. The number of aryl methyl sites for hydroxylation is 1. The van der Waals surface area contributed by atoms with Gasteiger partial charge in [0.15, 0.2) is 0 Å². The molecule has 0 radical (unpaired) electrons. The van der Waals surface area contributed by atoms with Crippen LogP contribution in [0.5, 0.6) is 0 Å². The summed E-state index contributed by atoms with van der Waals surface area (Å²) in [6.07, 6.45) is 3.00. The number of hydrogen-bond acceptors (Lipinski definition) is 1. The molecule has 20 heavy (non-hydrogen) atoms. The Bertz CT molecular complexity index is 594. The summed E-state index contributed by atoms with van der Waals surface area (Å²) < 4.78 is 13.2. The minimum absolute atomic E-state index is 0.134. The van der Waals surface area contributed by atoms with Gasteiger partial charge in [0, 0.05) is 11.1 Å². The predicted molar refractivity (Wildman–Crippen MR) is 80.6 cm³/mol. The van der Waals surface area contributed by atoms with Crippen molar-refractivity contribution in [1.29, 1.82) is 0 Å². The van der Waals surface area contributed by atoms with E-state index >= 15 is 0 Å². The highest BCUT2D eigenvalue weighted by Gasteiger charge is 2.21. The summed E-state index contributed by atoms with van der Waals surface area (Å²) in [6, 6.07) is 13.4. The van der Waals surface area contributed by atoms with E-state index in [1.54, 1.807) is 12.1 Å². The van der Waals surface area contributed by atoms with Crippen LogP contribution < -0.4 is 5.32 Å². The van der Waals surface area contributed by atoms with Gasteiger partial charge in [-0.15, -0.1) is 0 Å². The van der Waals surface area contributed by atoms with Crippen molar-refractivity contribution in [2.24, 2.45) is 0 Å². The molecule has 1 atom stereocenters. The van der Waals surface area contributed by atoms with Gasteiger partial charge in [-0.25, -0.2) is 4.39 Å². The van der Waals surface area contributed by atoms with Crippen molar-refractivity contribution < 1.29 is 4.39 Å². The van der Waals surface area contributed by atoms with Crippen LogP contribution in [0.1, 0.15) is 29.2 Å². The number of fused-ring (bicyclic) bond motifs is 1. The van der Waals surface area contributed by atoms with Gasteiger partial charge in [-0.1, -0.05) is 29.8 Å². The van der Waals surface area contributed by atoms with Gasteiger partial charge in [-0.05, 0) is 66.8 Å². The van der Waals surface area contributed by atoms with Crippen molar-refractivity contribution in [2.75, 3.05) is 6.54 Å². The molecule has 0 spiro atoms. The van der Waals surface area contributed by atoms with E-state index in [2.05, 4.69) is 17.4 Å². The fraction of sp³-hybridized carbons (Fsp3) is 0.294. The molecule has 2 aromatic rings. The van der Waals surface area contributed by atoms with Crippen LogP contribution in [0.25, 0.3) is 0 Å². The van der Waals surface area contributed by atoms with Crippen molar-refractivity contribution in [2.45, 2.75) is 25.3 Å². The van der Waals surface area contributed by atoms with Gasteiger partial charge in [0.25, 0.3) is 0 Å². The molecule has 1 nitrogen and oxygen atoms in total. The Morgan fingerprint density at radius 3 is 2.75 bits per heavy atom. The maximum atomic E-state index is 13.2. The van der Waals surface area contributed by atoms with E-state index in [-0.39, 0.29) is 5.82 Å². The summed E-state index contributed by atoms with van der Waals surface area (Å²) in [6.45, 7) is 0.920. The summed E-state index contributed by atoms with van der Waals surface area (Å²) in [5, 5.41) is 4.34. The maximum Gasteiger partial charge on any atom is 0.123 e. The standard InChI is InChI=1S/C17H17ClFN/c18-14-4-1-12(2-5-14)9-10-20-17-8-3-13-11-15(19)6-7-16(13)17/h1-2,4-7,11,17,20H,3,8-10H2. The smallest absolute Gasteiger partial charge is 0.123 e. The van der Waals surface area contributed by atoms with Crippen molar-refractivity contribution in [3.05, 3.63) is 70.0 Å². The first-order valence-electron chi connectivity index (χ1n) is 6.98. The quantitative estimate of drug-likeness (QED) is 0.885. The van der Waals surface area contributed by atoms with Crippen LogP contribution in [-0.2, 0) is 12.8 Å². The molecular weight excluding hydrogens is 273 g/mol. The zero-order valence-electron chi connectivity index (χ0n) is 11.2. The number of hydrogen-bond donors (Lipinski definition) is 1. The van der Waals surface area contributed by atoms with Crippen LogP contribution in [0, 0.1) is 5.82 Å². The number of nitrogens with one attached hydrogen (secondary N) is 1. The lowest BCUT2D eigenvalue weighted by Gasteiger charge is -2.14. The number of rotatable bonds is 4. The van der Waals surface area contributed by atoms with Crippen molar-refractivity contribution in [3.63, 3.8) is 0 Å². The lowest BCUT2D eigenvalue weighted by molar-refractivity contribution is 0.533. The molecule has 0 fully saturated rings. The second-order valence-electron chi connectivity index (χ2n) is 5.26. The molecule has 104 valence electrons. The normalized spacial score (nSPS) is 17.2. The van der Waals surface area contributed by atoms with Crippen LogP contribution in [0.2, 0.25) is 5.02 Å². The average molecular weight is 290 g/mol. The molecule has 2 aromatic carbocycles. The summed E-state index contributed by atoms with van der Waals surface area (Å²) >= 11 is 5.87. The molecule has 0 saturated heterocycles. The highest BCUT2D eigenvalue weighted by molar-refractivity contribution is 6.30. The predicted octanol–water partition coefficient (Wildman–Crippen LogP) is 4.30. The van der Waals surface area contributed by atoms with Crippen LogP contribution in [0.3, 0.4) is 0 Å². The molecule has 1 unspecified atom stereocenters. The Kier molecular flexibility index (Phi) is 4.04. The molecule has 0 amide bonds. The Hall–Kier alpha value is -1.38. The van der Waals surface area contributed by atoms with E-state index < -0.39 is 0 Å². The molecule has 3 rings (SSSR count). The van der Waals surface area contributed by atoms with Gasteiger partial charge >= 0.3 is 0 Å². The molecule has 0 saturated carbocycles. The molecule has 1 aliphatic carbocycles. The topological polar surface area (TPSA) is 12.0 Å². The summed E-state index contributed by atoms with van der Waals surface area (Å²) in [5.74, 6) is -0.134. The van der Waals surface area contributed by atoms with Crippen LogP contribution >= 0.6 is 11.6 Å². The van der Waals surface area contributed by atoms with Crippen LogP contribution in [-0.4, -0.2) is 6.54 Å². The molecule has 1 N–H and O–H groups in total. The summed E-state index contributed by atoms with van der Waals surface area (Å²) in [4.78, 5) is 0. The first-order valence-corrected chi connectivity index (χ1v) is 7.36. The zero-order valence-corrected chi connectivity index (χ0v) is 12.0. The largest absolute Gasteiger partial charge is 0.310 e. The minimum atomic E-state index is -0.134. The van der Waals surface area contributed by atoms with Crippen LogP contribution in [0.15, 0.2) is 42.5 Å².